The third-order valence-electron chi connectivity index (χ3n) is 6.21. The predicted molar refractivity (Wildman–Crippen MR) is 80.7 cm³/mol. The van der Waals surface area contributed by atoms with Crippen molar-refractivity contribution in [2.75, 3.05) is 6.61 Å². The zero-order valence-electron chi connectivity index (χ0n) is 12.9. The maximum atomic E-state index is 12.8. The summed E-state index contributed by atoms with van der Waals surface area (Å²) in [4.78, 5) is 12.8. The van der Waals surface area contributed by atoms with E-state index in [0.29, 0.717) is 18.1 Å². The van der Waals surface area contributed by atoms with Gasteiger partial charge in [0.05, 0.1) is 12.8 Å². The van der Waals surface area contributed by atoms with Crippen LogP contribution >= 0.6 is 0 Å². The maximum absolute atomic E-state index is 12.8. The lowest BCUT2D eigenvalue weighted by atomic mass is 9.53. The van der Waals surface area contributed by atoms with Gasteiger partial charge >= 0.3 is 0 Å². The van der Waals surface area contributed by atoms with Crippen LogP contribution in [0, 0.1) is 17.8 Å². The van der Waals surface area contributed by atoms with Crippen molar-refractivity contribution in [3.05, 3.63) is 11.8 Å². The first-order chi connectivity index (χ1) is 10.7. The Kier molecular flexibility index (Phi) is 2.65. The molecular weight excluding hydrogens is 278 g/mol. The minimum atomic E-state index is 0.0186. The van der Waals surface area contributed by atoms with Crippen LogP contribution in [0.25, 0.3) is 0 Å². The Hall–Kier alpha value is -1.52. The highest BCUT2D eigenvalue weighted by molar-refractivity contribution is 5.96. The number of rotatable bonds is 2. The predicted octanol–water partition coefficient (Wildman–Crippen LogP) is 2.36. The average molecular weight is 301 g/mol. The van der Waals surface area contributed by atoms with E-state index in [1.807, 2.05) is 4.68 Å². The molecule has 1 N–H and O–H groups in total. The van der Waals surface area contributed by atoms with Crippen molar-refractivity contribution >= 4 is 5.91 Å². The van der Waals surface area contributed by atoms with Crippen LogP contribution in [0.5, 0.6) is 5.88 Å². The number of carbonyl (C=O) groups excluding carboxylic acids is 1. The number of fused-ring (bicyclic) bond motifs is 1. The second kappa shape index (κ2) is 4.49. The summed E-state index contributed by atoms with van der Waals surface area (Å²) >= 11 is 0. The molecule has 0 spiro atoms. The quantitative estimate of drug-likeness (QED) is 0.912. The van der Waals surface area contributed by atoms with Crippen LogP contribution in [0.4, 0.5) is 0 Å². The van der Waals surface area contributed by atoms with E-state index >= 15 is 0 Å². The average Bonchev–Trinajstić information content (AvgIpc) is 2.89. The van der Waals surface area contributed by atoms with Crippen molar-refractivity contribution in [3.63, 3.8) is 0 Å². The summed E-state index contributed by atoms with van der Waals surface area (Å²) in [6.45, 7) is 1.53. The molecule has 5 heteroatoms. The summed E-state index contributed by atoms with van der Waals surface area (Å²) in [5.74, 6) is 3.19. The fraction of sp³-hybridized carbons (Fsp3) is 0.765. The van der Waals surface area contributed by atoms with Crippen LogP contribution in [-0.2, 0) is 6.54 Å². The lowest BCUT2D eigenvalue weighted by molar-refractivity contribution is -0.0167. The van der Waals surface area contributed by atoms with E-state index in [0.717, 1.165) is 30.7 Å². The van der Waals surface area contributed by atoms with Crippen LogP contribution in [0.3, 0.4) is 0 Å². The number of aryl methyl sites for hydroxylation is 1. The van der Waals surface area contributed by atoms with Crippen LogP contribution in [0.1, 0.15) is 55.3 Å². The fourth-order valence-corrected chi connectivity index (χ4v) is 5.80. The Balaban J connectivity index is 1.40. The molecule has 6 rings (SSSR count). The molecule has 4 saturated carbocycles. The molecule has 0 atom stereocenters. The zero-order chi connectivity index (χ0) is 14.7. The molecule has 5 nitrogen and oxygen atoms in total. The first-order valence-corrected chi connectivity index (χ1v) is 8.72. The van der Waals surface area contributed by atoms with E-state index in [1.165, 1.54) is 38.5 Å². The summed E-state index contributed by atoms with van der Waals surface area (Å²) in [6.07, 6.45) is 10.3. The lowest BCUT2D eigenvalue weighted by Crippen LogP contribution is -2.59. The molecule has 118 valence electrons. The highest BCUT2D eigenvalue weighted by Crippen LogP contribution is 2.55. The zero-order valence-corrected chi connectivity index (χ0v) is 12.9. The summed E-state index contributed by atoms with van der Waals surface area (Å²) in [6, 6.07) is 0. The summed E-state index contributed by atoms with van der Waals surface area (Å²) < 4.78 is 7.49. The van der Waals surface area contributed by atoms with Gasteiger partial charge in [0, 0.05) is 18.5 Å². The van der Waals surface area contributed by atoms with Gasteiger partial charge in [-0.2, -0.15) is 5.10 Å². The molecule has 22 heavy (non-hydrogen) atoms. The van der Waals surface area contributed by atoms with Crippen molar-refractivity contribution in [2.45, 2.75) is 57.0 Å². The topological polar surface area (TPSA) is 56.2 Å². The molecule has 1 amide bonds. The van der Waals surface area contributed by atoms with E-state index in [4.69, 9.17) is 4.74 Å². The normalized spacial score (nSPS) is 38.5. The van der Waals surface area contributed by atoms with Gasteiger partial charge in [-0.05, 0) is 56.3 Å². The lowest BCUT2D eigenvalue weighted by Gasteiger charge is -2.56. The summed E-state index contributed by atoms with van der Waals surface area (Å²) in [7, 11) is 0. The van der Waals surface area contributed by atoms with Crippen molar-refractivity contribution in [2.24, 2.45) is 17.8 Å². The molecule has 0 radical (unpaired) electrons. The minimum absolute atomic E-state index is 0.0186. The Labute approximate surface area is 130 Å². The highest BCUT2D eigenvalue weighted by atomic mass is 16.5. The molecule has 5 aliphatic rings. The number of ether oxygens (including phenoxy) is 1. The number of hydrogen-bond acceptors (Lipinski definition) is 3. The van der Waals surface area contributed by atoms with Crippen LogP contribution < -0.4 is 10.1 Å². The smallest absolute Gasteiger partial charge is 0.258 e. The van der Waals surface area contributed by atoms with Gasteiger partial charge in [0.15, 0.2) is 0 Å². The molecule has 2 heterocycles. The third kappa shape index (κ3) is 1.90. The van der Waals surface area contributed by atoms with E-state index in [-0.39, 0.29) is 11.4 Å². The first kappa shape index (κ1) is 13.0. The highest BCUT2D eigenvalue weighted by Gasteiger charge is 2.51. The number of aromatic nitrogens is 2. The standard InChI is InChI=1S/C17H23N3O2/c21-15(14-10-18-20-2-1-3-22-16(14)20)19-17-7-11-4-12(8-17)6-13(5-11)9-17/h10-13H,1-9H2,(H,19,21). The van der Waals surface area contributed by atoms with Gasteiger partial charge in [0.1, 0.15) is 5.56 Å². The third-order valence-corrected chi connectivity index (χ3v) is 6.21. The number of carbonyl (C=O) groups is 1. The number of amides is 1. The minimum Gasteiger partial charge on any atom is -0.477 e. The van der Waals surface area contributed by atoms with E-state index in [9.17, 15) is 4.79 Å². The molecule has 4 bridgehead atoms. The Morgan fingerprint density at radius 1 is 1.23 bits per heavy atom. The fourth-order valence-electron chi connectivity index (χ4n) is 5.80. The Bertz CT molecular complexity index is 586. The van der Waals surface area contributed by atoms with Crippen molar-refractivity contribution in [1.82, 2.24) is 15.1 Å². The van der Waals surface area contributed by atoms with Crippen molar-refractivity contribution < 1.29 is 9.53 Å². The van der Waals surface area contributed by atoms with E-state index in [2.05, 4.69) is 10.4 Å². The molecule has 1 aliphatic heterocycles. The second-order valence-corrected chi connectivity index (χ2v) is 7.94. The van der Waals surface area contributed by atoms with Crippen molar-refractivity contribution in [1.29, 1.82) is 0 Å². The molecule has 1 aromatic rings. The summed E-state index contributed by atoms with van der Waals surface area (Å²) in [5, 5.41) is 7.71. The monoisotopic (exact) mass is 301 g/mol. The molecule has 1 aromatic heterocycles. The maximum Gasteiger partial charge on any atom is 0.258 e. The van der Waals surface area contributed by atoms with Gasteiger partial charge in [-0.25, -0.2) is 4.68 Å². The van der Waals surface area contributed by atoms with Crippen molar-refractivity contribution in [3.8, 4) is 5.88 Å². The van der Waals surface area contributed by atoms with Crippen LogP contribution in [0.2, 0.25) is 0 Å². The van der Waals surface area contributed by atoms with Gasteiger partial charge < -0.3 is 10.1 Å². The largest absolute Gasteiger partial charge is 0.477 e. The van der Waals surface area contributed by atoms with Gasteiger partial charge in [-0.3, -0.25) is 4.79 Å². The molecular formula is C17H23N3O2. The van der Waals surface area contributed by atoms with Gasteiger partial charge in [-0.1, -0.05) is 0 Å². The molecule has 0 aromatic carbocycles. The number of nitrogens with one attached hydrogen (secondary N) is 1. The van der Waals surface area contributed by atoms with Crippen LogP contribution in [-0.4, -0.2) is 27.8 Å². The molecule has 4 aliphatic carbocycles. The Morgan fingerprint density at radius 2 is 1.91 bits per heavy atom. The van der Waals surface area contributed by atoms with Gasteiger partial charge in [0.25, 0.3) is 5.91 Å². The summed E-state index contributed by atoms with van der Waals surface area (Å²) in [5.41, 5.74) is 0.672. The Morgan fingerprint density at radius 3 is 2.59 bits per heavy atom. The van der Waals surface area contributed by atoms with E-state index < -0.39 is 0 Å². The SMILES string of the molecule is O=C(NC12CC3CC(CC(C3)C1)C2)c1cnn2c1OCCC2. The first-order valence-electron chi connectivity index (χ1n) is 8.72. The second-order valence-electron chi connectivity index (χ2n) is 7.94. The van der Waals surface area contributed by atoms with Gasteiger partial charge in [0.2, 0.25) is 5.88 Å². The van der Waals surface area contributed by atoms with Gasteiger partial charge in [-0.15, -0.1) is 0 Å². The van der Waals surface area contributed by atoms with Crippen LogP contribution in [0.15, 0.2) is 6.20 Å². The molecule has 4 fully saturated rings. The molecule has 0 unspecified atom stereocenters. The van der Waals surface area contributed by atoms with E-state index in [1.54, 1.807) is 6.20 Å². The number of hydrogen-bond donors (Lipinski definition) is 1. The number of nitrogens with zero attached hydrogens (tertiary/aromatic N) is 2. The molecule has 0 saturated heterocycles.